The number of carbonyl (C=O) groups is 3. The van der Waals surface area contributed by atoms with E-state index in [0.717, 1.165) is 5.56 Å². The molecule has 0 saturated carbocycles. The van der Waals surface area contributed by atoms with Crippen molar-refractivity contribution in [2.24, 2.45) is 0 Å². The van der Waals surface area contributed by atoms with Crippen LogP contribution < -0.4 is 5.32 Å². The molecule has 0 aliphatic carbocycles. The van der Waals surface area contributed by atoms with Crippen LogP contribution in [-0.2, 0) is 19.7 Å². The van der Waals surface area contributed by atoms with E-state index in [-0.39, 0.29) is 36.8 Å². The predicted molar refractivity (Wildman–Crippen MR) is 91.7 cm³/mol. The molecule has 0 aliphatic rings. The van der Waals surface area contributed by atoms with Gasteiger partial charge in [-0.3, -0.25) is 14.4 Å². The van der Waals surface area contributed by atoms with Crippen molar-refractivity contribution in [2.75, 3.05) is 27.2 Å². The molecular weight excluding hydrogens is 308 g/mol. The van der Waals surface area contributed by atoms with Crippen LogP contribution in [0.3, 0.4) is 0 Å². The van der Waals surface area contributed by atoms with Gasteiger partial charge in [0.15, 0.2) is 6.61 Å². The largest absolute Gasteiger partial charge is 0.456 e. The van der Waals surface area contributed by atoms with E-state index in [2.05, 4.69) is 26.1 Å². The van der Waals surface area contributed by atoms with E-state index in [1.165, 1.54) is 4.90 Å². The third kappa shape index (κ3) is 6.40. The first-order chi connectivity index (χ1) is 11.1. The van der Waals surface area contributed by atoms with E-state index < -0.39 is 5.97 Å². The van der Waals surface area contributed by atoms with E-state index in [9.17, 15) is 14.4 Å². The van der Waals surface area contributed by atoms with Gasteiger partial charge in [-0.05, 0) is 23.1 Å². The zero-order chi connectivity index (χ0) is 18.3. The molecule has 0 unspecified atom stereocenters. The monoisotopic (exact) mass is 334 g/mol. The Kier molecular flexibility index (Phi) is 6.95. The molecule has 1 rings (SSSR count). The summed E-state index contributed by atoms with van der Waals surface area (Å²) in [5, 5.41) is 2.66. The van der Waals surface area contributed by atoms with Gasteiger partial charge in [-0.2, -0.15) is 0 Å². The molecule has 6 nitrogen and oxygen atoms in total. The zero-order valence-corrected chi connectivity index (χ0v) is 15.0. The lowest BCUT2D eigenvalue weighted by Gasteiger charge is -2.19. The number of carbonyl (C=O) groups excluding carboxylic acids is 3. The summed E-state index contributed by atoms with van der Waals surface area (Å²) in [6.07, 6.45) is 0.0204. The van der Waals surface area contributed by atoms with Crippen molar-refractivity contribution in [1.29, 1.82) is 0 Å². The lowest BCUT2D eigenvalue weighted by atomic mass is 9.87. The first-order valence-electron chi connectivity index (χ1n) is 7.86. The van der Waals surface area contributed by atoms with Crippen molar-refractivity contribution >= 4 is 17.8 Å². The molecule has 1 N–H and O–H groups in total. The number of rotatable bonds is 6. The molecule has 2 amide bonds. The maximum Gasteiger partial charge on any atom is 0.308 e. The van der Waals surface area contributed by atoms with Crippen LogP contribution in [0, 0.1) is 0 Å². The number of nitrogens with one attached hydrogen (secondary N) is 1. The molecule has 0 atom stereocenters. The highest BCUT2D eigenvalue weighted by molar-refractivity contribution is 5.94. The summed E-state index contributed by atoms with van der Waals surface area (Å²) >= 11 is 0. The van der Waals surface area contributed by atoms with Crippen molar-refractivity contribution in [3.05, 3.63) is 35.4 Å². The Bertz CT molecular complexity index is 586. The highest BCUT2D eigenvalue weighted by Crippen LogP contribution is 2.22. The van der Waals surface area contributed by atoms with Crippen LogP contribution in [0.25, 0.3) is 0 Å². The van der Waals surface area contributed by atoms with Gasteiger partial charge >= 0.3 is 5.97 Å². The fourth-order valence-corrected chi connectivity index (χ4v) is 1.85. The zero-order valence-electron chi connectivity index (χ0n) is 15.0. The third-order valence-corrected chi connectivity index (χ3v) is 3.48. The van der Waals surface area contributed by atoms with Crippen molar-refractivity contribution < 1.29 is 19.1 Å². The predicted octanol–water partition coefficient (Wildman–Crippen LogP) is 1.74. The molecule has 1 aromatic rings. The SMILES string of the molecule is CN(C)C(=O)COC(=O)CCNC(=O)c1ccc(C(C)(C)C)cc1. The number of esters is 1. The Morgan fingerprint density at radius 3 is 2.17 bits per heavy atom. The van der Waals surface area contributed by atoms with Crippen LogP contribution in [0.2, 0.25) is 0 Å². The highest BCUT2D eigenvalue weighted by atomic mass is 16.5. The van der Waals surface area contributed by atoms with Gasteiger partial charge < -0.3 is 15.0 Å². The van der Waals surface area contributed by atoms with Crippen molar-refractivity contribution in [1.82, 2.24) is 10.2 Å². The number of benzene rings is 1. The molecule has 1 aromatic carbocycles. The van der Waals surface area contributed by atoms with Gasteiger partial charge in [0.25, 0.3) is 11.8 Å². The lowest BCUT2D eigenvalue weighted by molar-refractivity contribution is -0.150. The molecular formula is C18H26N2O4. The van der Waals surface area contributed by atoms with Crippen LogP contribution in [-0.4, -0.2) is 49.9 Å². The molecule has 0 radical (unpaired) electrons. The molecule has 132 valence electrons. The summed E-state index contributed by atoms with van der Waals surface area (Å²) in [7, 11) is 3.17. The van der Waals surface area contributed by atoms with Crippen LogP contribution in [0.15, 0.2) is 24.3 Å². The summed E-state index contributed by atoms with van der Waals surface area (Å²) in [6, 6.07) is 7.39. The van der Waals surface area contributed by atoms with Crippen LogP contribution in [0.5, 0.6) is 0 Å². The number of ether oxygens (including phenoxy) is 1. The van der Waals surface area contributed by atoms with Crippen molar-refractivity contribution in [3.63, 3.8) is 0 Å². The summed E-state index contributed by atoms with van der Waals surface area (Å²) in [5.41, 5.74) is 1.72. The lowest BCUT2D eigenvalue weighted by Crippen LogP contribution is -2.29. The fourth-order valence-electron chi connectivity index (χ4n) is 1.85. The van der Waals surface area contributed by atoms with E-state index in [4.69, 9.17) is 4.74 Å². The molecule has 0 saturated heterocycles. The molecule has 24 heavy (non-hydrogen) atoms. The summed E-state index contributed by atoms with van der Waals surface area (Å²) in [4.78, 5) is 36.2. The van der Waals surface area contributed by atoms with Gasteiger partial charge in [0.1, 0.15) is 0 Å². The summed E-state index contributed by atoms with van der Waals surface area (Å²) in [5.74, 6) is -1.05. The minimum Gasteiger partial charge on any atom is -0.456 e. The van der Waals surface area contributed by atoms with E-state index >= 15 is 0 Å². The quantitative estimate of drug-likeness (QED) is 0.804. The molecule has 0 aliphatic heterocycles. The summed E-state index contributed by atoms with van der Waals surface area (Å²) in [6.45, 7) is 6.20. The highest BCUT2D eigenvalue weighted by Gasteiger charge is 2.14. The second-order valence-electron chi connectivity index (χ2n) is 6.78. The van der Waals surface area contributed by atoms with Crippen molar-refractivity contribution in [2.45, 2.75) is 32.6 Å². The van der Waals surface area contributed by atoms with Gasteiger partial charge in [0.05, 0.1) is 6.42 Å². The van der Waals surface area contributed by atoms with Crippen LogP contribution >= 0.6 is 0 Å². The number of likely N-dealkylation sites (N-methyl/N-ethyl adjacent to an activating group) is 1. The Hall–Kier alpha value is -2.37. The van der Waals surface area contributed by atoms with Gasteiger partial charge in [-0.1, -0.05) is 32.9 Å². The topological polar surface area (TPSA) is 75.7 Å². The molecule has 0 fully saturated rings. The number of amides is 2. The van der Waals surface area contributed by atoms with E-state index in [1.807, 2.05) is 12.1 Å². The minimum atomic E-state index is -0.520. The van der Waals surface area contributed by atoms with Crippen molar-refractivity contribution in [3.8, 4) is 0 Å². The number of hydrogen-bond acceptors (Lipinski definition) is 4. The smallest absolute Gasteiger partial charge is 0.308 e. The van der Waals surface area contributed by atoms with E-state index in [0.29, 0.717) is 5.56 Å². The first kappa shape index (κ1) is 19.7. The second kappa shape index (κ2) is 8.47. The van der Waals surface area contributed by atoms with Crippen LogP contribution in [0.1, 0.15) is 43.1 Å². The maximum atomic E-state index is 12.0. The average Bonchev–Trinajstić information content (AvgIpc) is 2.51. The molecule has 0 spiro atoms. The van der Waals surface area contributed by atoms with Gasteiger partial charge in [0.2, 0.25) is 0 Å². The minimum absolute atomic E-state index is 0.0204. The number of hydrogen-bond donors (Lipinski definition) is 1. The third-order valence-electron chi connectivity index (χ3n) is 3.48. The Labute approximate surface area is 143 Å². The Balaban J connectivity index is 2.38. The second-order valence-corrected chi connectivity index (χ2v) is 6.78. The average molecular weight is 334 g/mol. The van der Waals surface area contributed by atoms with E-state index in [1.54, 1.807) is 26.2 Å². The summed E-state index contributed by atoms with van der Waals surface area (Å²) < 4.78 is 4.82. The Morgan fingerprint density at radius 2 is 1.67 bits per heavy atom. The molecule has 0 bridgehead atoms. The Morgan fingerprint density at radius 1 is 1.08 bits per heavy atom. The number of nitrogens with zero attached hydrogens (tertiary/aromatic N) is 1. The van der Waals surface area contributed by atoms with Gasteiger partial charge in [0, 0.05) is 26.2 Å². The molecule has 0 aromatic heterocycles. The van der Waals surface area contributed by atoms with Crippen LogP contribution in [0.4, 0.5) is 0 Å². The standard InChI is InChI=1S/C18H26N2O4/c1-18(2,3)14-8-6-13(7-9-14)17(23)19-11-10-16(22)24-12-15(21)20(4)5/h6-9H,10-12H2,1-5H3,(H,19,23). The molecule has 6 heteroatoms. The van der Waals surface area contributed by atoms with Gasteiger partial charge in [-0.25, -0.2) is 0 Å². The first-order valence-corrected chi connectivity index (χ1v) is 7.86. The van der Waals surface area contributed by atoms with Gasteiger partial charge in [-0.15, -0.1) is 0 Å². The normalized spacial score (nSPS) is 10.9. The molecule has 0 heterocycles. The fraction of sp³-hybridized carbons (Fsp3) is 0.500. The maximum absolute atomic E-state index is 12.0.